The van der Waals surface area contributed by atoms with E-state index < -0.39 is 11.9 Å². The van der Waals surface area contributed by atoms with Crippen molar-refractivity contribution in [2.45, 2.75) is 20.3 Å². The zero-order valence-electron chi connectivity index (χ0n) is 13.3. The lowest BCUT2D eigenvalue weighted by Gasteiger charge is -2.26. The standard InChI is InChI=1S/C17H21NO4/c1-10-5-6-15(21-3)13(7-10)18-12-8-11(2)16(14(19)9-12)17(20)22-4/h5-7,9,11,16,18H,8H2,1-4H3/t11-,16+/m1/s1. The first-order valence-electron chi connectivity index (χ1n) is 7.20. The molecule has 0 saturated carbocycles. The van der Waals surface area contributed by atoms with Crippen LogP contribution in [0.2, 0.25) is 0 Å². The van der Waals surface area contributed by atoms with E-state index in [9.17, 15) is 9.59 Å². The fraction of sp³-hybridized carbons (Fsp3) is 0.412. The number of rotatable bonds is 4. The molecule has 0 saturated heterocycles. The Morgan fingerprint density at radius 2 is 2.05 bits per heavy atom. The van der Waals surface area contributed by atoms with Gasteiger partial charge in [0, 0.05) is 11.8 Å². The minimum absolute atomic E-state index is 0.108. The number of ketones is 1. The Balaban J connectivity index is 2.23. The minimum atomic E-state index is -0.713. The number of hydrogen-bond donors (Lipinski definition) is 1. The first-order chi connectivity index (χ1) is 10.5. The number of methoxy groups -OCH3 is 2. The van der Waals surface area contributed by atoms with Crippen LogP contribution in [0.1, 0.15) is 18.9 Å². The molecular formula is C17H21NO4. The maximum atomic E-state index is 12.2. The quantitative estimate of drug-likeness (QED) is 0.684. The second-order valence-electron chi connectivity index (χ2n) is 5.58. The summed E-state index contributed by atoms with van der Waals surface area (Å²) in [6, 6.07) is 5.80. The smallest absolute Gasteiger partial charge is 0.316 e. The molecule has 5 nitrogen and oxygen atoms in total. The highest BCUT2D eigenvalue weighted by Crippen LogP contribution is 2.32. The van der Waals surface area contributed by atoms with Gasteiger partial charge in [-0.3, -0.25) is 9.59 Å². The summed E-state index contributed by atoms with van der Waals surface area (Å²) in [6.07, 6.45) is 2.09. The van der Waals surface area contributed by atoms with Crippen molar-refractivity contribution in [3.05, 3.63) is 35.5 Å². The van der Waals surface area contributed by atoms with Crippen LogP contribution < -0.4 is 10.1 Å². The first kappa shape index (κ1) is 16.1. The monoisotopic (exact) mass is 303 g/mol. The van der Waals surface area contributed by atoms with Crippen molar-refractivity contribution in [3.63, 3.8) is 0 Å². The van der Waals surface area contributed by atoms with Crippen LogP contribution in [0.5, 0.6) is 5.75 Å². The third-order valence-electron chi connectivity index (χ3n) is 3.84. The van der Waals surface area contributed by atoms with Crippen LogP contribution in [-0.4, -0.2) is 26.0 Å². The van der Waals surface area contributed by atoms with Crippen LogP contribution in [0, 0.1) is 18.8 Å². The molecule has 0 unspecified atom stereocenters. The van der Waals surface area contributed by atoms with E-state index in [2.05, 4.69) is 5.32 Å². The summed E-state index contributed by atoms with van der Waals surface area (Å²) in [6.45, 7) is 3.86. The Bertz CT molecular complexity index is 621. The maximum absolute atomic E-state index is 12.2. The maximum Gasteiger partial charge on any atom is 0.316 e. The van der Waals surface area contributed by atoms with Gasteiger partial charge in [-0.25, -0.2) is 0 Å². The SMILES string of the molecule is COC(=O)[C@@H]1C(=O)C=C(Nc2cc(C)ccc2OC)C[C@H]1C. The Labute approximate surface area is 130 Å². The van der Waals surface area contributed by atoms with Crippen LogP contribution in [0.3, 0.4) is 0 Å². The molecule has 1 aliphatic carbocycles. The lowest BCUT2D eigenvalue weighted by atomic mass is 9.82. The molecule has 5 heteroatoms. The number of benzene rings is 1. The van der Waals surface area contributed by atoms with Gasteiger partial charge in [-0.15, -0.1) is 0 Å². The number of anilines is 1. The van der Waals surface area contributed by atoms with E-state index in [1.165, 1.54) is 13.2 Å². The summed E-state index contributed by atoms with van der Waals surface area (Å²) in [5, 5.41) is 3.24. The number of esters is 1. The molecule has 2 atom stereocenters. The van der Waals surface area contributed by atoms with Crippen molar-refractivity contribution in [2.24, 2.45) is 11.8 Å². The highest BCUT2D eigenvalue weighted by atomic mass is 16.5. The predicted octanol–water partition coefficient (Wildman–Crippen LogP) is 2.70. The average molecular weight is 303 g/mol. The lowest BCUT2D eigenvalue weighted by molar-refractivity contribution is -0.150. The van der Waals surface area contributed by atoms with Gasteiger partial charge < -0.3 is 14.8 Å². The molecule has 1 aromatic carbocycles. The van der Waals surface area contributed by atoms with Gasteiger partial charge in [-0.1, -0.05) is 13.0 Å². The van der Waals surface area contributed by atoms with Gasteiger partial charge >= 0.3 is 5.97 Å². The summed E-state index contributed by atoms with van der Waals surface area (Å²) in [7, 11) is 2.91. The molecule has 0 spiro atoms. The van der Waals surface area contributed by atoms with E-state index in [4.69, 9.17) is 9.47 Å². The van der Waals surface area contributed by atoms with Crippen molar-refractivity contribution in [1.29, 1.82) is 0 Å². The second-order valence-corrected chi connectivity index (χ2v) is 5.58. The molecular weight excluding hydrogens is 282 g/mol. The van der Waals surface area contributed by atoms with Crippen LogP contribution in [0.4, 0.5) is 5.69 Å². The highest BCUT2D eigenvalue weighted by Gasteiger charge is 2.35. The van der Waals surface area contributed by atoms with Crippen molar-refractivity contribution in [2.75, 3.05) is 19.5 Å². The van der Waals surface area contributed by atoms with Crippen molar-refractivity contribution < 1.29 is 19.1 Å². The summed E-state index contributed by atoms with van der Waals surface area (Å²) in [4.78, 5) is 23.9. The fourth-order valence-corrected chi connectivity index (χ4v) is 2.72. The predicted molar refractivity (Wildman–Crippen MR) is 83.7 cm³/mol. The van der Waals surface area contributed by atoms with Crippen LogP contribution in [0.25, 0.3) is 0 Å². The molecule has 0 radical (unpaired) electrons. The van der Waals surface area contributed by atoms with E-state index in [1.807, 2.05) is 32.0 Å². The molecule has 0 heterocycles. The zero-order chi connectivity index (χ0) is 16.3. The molecule has 0 fully saturated rings. The Morgan fingerprint density at radius 3 is 2.64 bits per heavy atom. The van der Waals surface area contributed by atoms with E-state index in [-0.39, 0.29) is 11.7 Å². The molecule has 2 rings (SSSR count). The summed E-state index contributed by atoms with van der Waals surface area (Å²) >= 11 is 0. The topological polar surface area (TPSA) is 64.6 Å². The fourth-order valence-electron chi connectivity index (χ4n) is 2.72. The molecule has 22 heavy (non-hydrogen) atoms. The molecule has 1 aromatic rings. The third-order valence-corrected chi connectivity index (χ3v) is 3.84. The minimum Gasteiger partial charge on any atom is -0.495 e. The van der Waals surface area contributed by atoms with Gasteiger partial charge in [-0.05, 0) is 37.0 Å². The van der Waals surface area contributed by atoms with Gasteiger partial charge in [-0.2, -0.15) is 0 Å². The zero-order valence-corrected chi connectivity index (χ0v) is 13.3. The van der Waals surface area contributed by atoms with E-state index in [1.54, 1.807) is 7.11 Å². The lowest BCUT2D eigenvalue weighted by Crippen LogP contribution is -2.34. The number of nitrogens with one attached hydrogen (secondary N) is 1. The van der Waals surface area contributed by atoms with Crippen molar-refractivity contribution in [3.8, 4) is 5.75 Å². The summed E-state index contributed by atoms with van der Waals surface area (Å²) < 4.78 is 10.0. The van der Waals surface area contributed by atoms with E-state index in [0.717, 1.165) is 16.9 Å². The second kappa shape index (κ2) is 6.64. The number of hydrogen-bond acceptors (Lipinski definition) is 5. The van der Waals surface area contributed by atoms with E-state index in [0.29, 0.717) is 12.2 Å². The molecule has 0 aliphatic heterocycles. The molecule has 1 N–H and O–H groups in total. The average Bonchev–Trinajstić information content (AvgIpc) is 2.46. The van der Waals surface area contributed by atoms with Gasteiger partial charge in [0.1, 0.15) is 11.7 Å². The van der Waals surface area contributed by atoms with Crippen LogP contribution in [-0.2, 0) is 14.3 Å². The largest absolute Gasteiger partial charge is 0.495 e. The molecule has 118 valence electrons. The van der Waals surface area contributed by atoms with Gasteiger partial charge in [0.15, 0.2) is 5.78 Å². The Kier molecular flexibility index (Phi) is 4.85. The number of aryl methyl sites for hydroxylation is 1. The number of allylic oxidation sites excluding steroid dienone is 2. The van der Waals surface area contributed by atoms with Crippen molar-refractivity contribution in [1.82, 2.24) is 0 Å². The van der Waals surface area contributed by atoms with E-state index >= 15 is 0 Å². The first-order valence-corrected chi connectivity index (χ1v) is 7.20. The van der Waals surface area contributed by atoms with Crippen LogP contribution >= 0.6 is 0 Å². The summed E-state index contributed by atoms with van der Waals surface area (Å²) in [5.74, 6) is -0.805. The normalized spacial score (nSPS) is 21.1. The third kappa shape index (κ3) is 3.30. The van der Waals surface area contributed by atoms with Crippen molar-refractivity contribution >= 4 is 17.4 Å². The van der Waals surface area contributed by atoms with Gasteiger partial charge in [0.2, 0.25) is 0 Å². The van der Waals surface area contributed by atoms with Crippen LogP contribution in [0.15, 0.2) is 30.0 Å². The highest BCUT2D eigenvalue weighted by molar-refractivity contribution is 6.06. The Morgan fingerprint density at radius 1 is 1.32 bits per heavy atom. The number of ether oxygens (including phenoxy) is 2. The van der Waals surface area contributed by atoms with Gasteiger partial charge in [0.05, 0.1) is 19.9 Å². The molecule has 0 bridgehead atoms. The number of carbonyl (C=O) groups is 2. The van der Waals surface area contributed by atoms with Gasteiger partial charge in [0.25, 0.3) is 0 Å². The summed E-state index contributed by atoms with van der Waals surface area (Å²) in [5.41, 5.74) is 2.68. The number of carbonyl (C=O) groups excluding carboxylic acids is 2. The molecule has 0 aromatic heterocycles. The molecule has 1 aliphatic rings. The Hall–Kier alpha value is -2.30. The molecule has 0 amide bonds.